The molecule has 0 aliphatic rings. The standard InChI is InChI=1S/C28H24O6S/c1-20-14-22(18-28(29)30)17-25(15-20)34-35(31,32)27-13-6-5-12-26(27)33-19-21-8-7-11-24(16-21)23-9-3-2-4-10-23/h2-17H,18-19H2,1H3,(H,29,30). The molecular weight excluding hydrogens is 464 g/mol. The number of hydrogen-bond acceptors (Lipinski definition) is 5. The van der Waals surface area contributed by atoms with Gasteiger partial charge in [0, 0.05) is 0 Å². The molecule has 1 N–H and O–H groups in total. The van der Waals surface area contributed by atoms with E-state index in [2.05, 4.69) is 0 Å². The van der Waals surface area contributed by atoms with Crippen LogP contribution in [0.25, 0.3) is 11.1 Å². The highest BCUT2D eigenvalue weighted by Gasteiger charge is 2.22. The zero-order chi connectivity index (χ0) is 24.8. The number of aliphatic carboxylic acids is 1. The van der Waals surface area contributed by atoms with Gasteiger partial charge in [-0.25, -0.2) is 0 Å². The smallest absolute Gasteiger partial charge is 0.342 e. The number of carboxylic acids is 1. The van der Waals surface area contributed by atoms with Gasteiger partial charge in [-0.05, 0) is 65.1 Å². The van der Waals surface area contributed by atoms with Gasteiger partial charge in [0.15, 0.2) is 0 Å². The summed E-state index contributed by atoms with van der Waals surface area (Å²) >= 11 is 0. The van der Waals surface area contributed by atoms with Crippen molar-refractivity contribution in [2.24, 2.45) is 0 Å². The minimum Gasteiger partial charge on any atom is -0.487 e. The van der Waals surface area contributed by atoms with E-state index in [0.717, 1.165) is 16.7 Å². The average molecular weight is 489 g/mol. The van der Waals surface area contributed by atoms with Crippen molar-refractivity contribution in [2.45, 2.75) is 24.8 Å². The van der Waals surface area contributed by atoms with E-state index >= 15 is 0 Å². The van der Waals surface area contributed by atoms with E-state index < -0.39 is 16.1 Å². The topological polar surface area (TPSA) is 89.9 Å². The van der Waals surface area contributed by atoms with Crippen molar-refractivity contribution in [1.29, 1.82) is 0 Å². The van der Waals surface area contributed by atoms with E-state index in [0.29, 0.717) is 11.1 Å². The Kier molecular flexibility index (Phi) is 7.17. The molecule has 0 heterocycles. The fraction of sp³-hybridized carbons (Fsp3) is 0.107. The van der Waals surface area contributed by atoms with E-state index in [-0.39, 0.29) is 29.4 Å². The monoisotopic (exact) mass is 488 g/mol. The minimum absolute atomic E-state index is 0.0478. The number of carboxylic acid groups (broad SMARTS) is 1. The van der Waals surface area contributed by atoms with E-state index in [9.17, 15) is 13.2 Å². The van der Waals surface area contributed by atoms with Crippen LogP contribution < -0.4 is 8.92 Å². The lowest BCUT2D eigenvalue weighted by molar-refractivity contribution is -0.136. The van der Waals surface area contributed by atoms with Gasteiger partial charge in [-0.2, -0.15) is 8.42 Å². The molecule has 6 nitrogen and oxygen atoms in total. The lowest BCUT2D eigenvalue weighted by atomic mass is 10.0. The molecule has 0 amide bonds. The lowest BCUT2D eigenvalue weighted by Crippen LogP contribution is -2.12. The van der Waals surface area contributed by atoms with E-state index in [4.69, 9.17) is 14.0 Å². The van der Waals surface area contributed by atoms with Crippen LogP contribution in [0.3, 0.4) is 0 Å². The summed E-state index contributed by atoms with van der Waals surface area (Å²) in [6, 6.07) is 28.7. The van der Waals surface area contributed by atoms with Crippen molar-refractivity contribution in [3.8, 4) is 22.6 Å². The summed E-state index contributed by atoms with van der Waals surface area (Å²) < 4.78 is 37.5. The molecule has 178 valence electrons. The Labute approximate surface area is 204 Å². The number of ether oxygens (including phenoxy) is 1. The molecule has 0 spiro atoms. The second kappa shape index (κ2) is 10.4. The quantitative estimate of drug-likeness (QED) is 0.307. The Balaban J connectivity index is 1.55. The third kappa shape index (κ3) is 6.28. The molecule has 0 saturated heterocycles. The van der Waals surface area contributed by atoms with Crippen molar-refractivity contribution < 1.29 is 27.2 Å². The van der Waals surface area contributed by atoms with Gasteiger partial charge in [-0.1, -0.05) is 66.7 Å². The van der Waals surface area contributed by atoms with Gasteiger partial charge in [-0.15, -0.1) is 0 Å². The van der Waals surface area contributed by atoms with Crippen LogP contribution in [0.4, 0.5) is 0 Å². The maximum Gasteiger partial charge on any atom is 0.342 e. The first-order valence-corrected chi connectivity index (χ1v) is 12.3. The molecule has 0 bridgehead atoms. The first-order valence-electron chi connectivity index (χ1n) is 10.9. The molecule has 0 aromatic heterocycles. The van der Waals surface area contributed by atoms with Crippen LogP contribution >= 0.6 is 0 Å². The third-order valence-electron chi connectivity index (χ3n) is 5.22. The summed E-state index contributed by atoms with van der Waals surface area (Å²) in [7, 11) is -4.23. The van der Waals surface area contributed by atoms with Crippen molar-refractivity contribution in [2.75, 3.05) is 0 Å². The van der Waals surface area contributed by atoms with Crippen LogP contribution in [-0.4, -0.2) is 19.5 Å². The maximum atomic E-state index is 13.1. The zero-order valence-corrected chi connectivity index (χ0v) is 19.9. The minimum atomic E-state index is -4.23. The first-order chi connectivity index (χ1) is 16.8. The highest BCUT2D eigenvalue weighted by molar-refractivity contribution is 7.87. The second-order valence-electron chi connectivity index (χ2n) is 8.06. The summed E-state index contributed by atoms with van der Waals surface area (Å²) in [5, 5.41) is 9.05. The summed E-state index contributed by atoms with van der Waals surface area (Å²) in [6.45, 7) is 1.91. The van der Waals surface area contributed by atoms with Gasteiger partial charge in [0.2, 0.25) is 0 Å². The van der Waals surface area contributed by atoms with Crippen LogP contribution in [-0.2, 0) is 27.9 Å². The lowest BCUT2D eigenvalue weighted by Gasteiger charge is -2.14. The van der Waals surface area contributed by atoms with E-state index in [1.807, 2.05) is 54.6 Å². The van der Waals surface area contributed by atoms with Gasteiger partial charge >= 0.3 is 16.1 Å². The van der Waals surface area contributed by atoms with Crippen LogP contribution in [0, 0.1) is 6.92 Å². The molecule has 4 aromatic rings. The summed E-state index contributed by atoms with van der Waals surface area (Å²) in [5.74, 6) is -0.804. The van der Waals surface area contributed by atoms with Crippen LogP contribution in [0.2, 0.25) is 0 Å². The molecule has 7 heteroatoms. The summed E-state index contributed by atoms with van der Waals surface area (Å²) in [5.41, 5.74) is 4.14. The summed E-state index contributed by atoms with van der Waals surface area (Å²) in [4.78, 5) is 10.9. The molecule has 0 fully saturated rings. The third-order valence-corrected chi connectivity index (χ3v) is 6.51. The Morgan fingerprint density at radius 1 is 0.800 bits per heavy atom. The molecule has 0 radical (unpaired) electrons. The van der Waals surface area contributed by atoms with Crippen molar-refractivity contribution in [1.82, 2.24) is 0 Å². The molecule has 4 rings (SSSR count). The van der Waals surface area contributed by atoms with E-state index in [1.54, 1.807) is 37.3 Å². The fourth-order valence-corrected chi connectivity index (χ4v) is 4.79. The predicted molar refractivity (Wildman–Crippen MR) is 133 cm³/mol. The van der Waals surface area contributed by atoms with Gasteiger partial charge in [-0.3, -0.25) is 4.79 Å². The molecule has 0 aliphatic heterocycles. The Hall–Kier alpha value is -4.10. The number of benzene rings is 4. The second-order valence-corrected chi connectivity index (χ2v) is 9.58. The number of rotatable bonds is 9. The first kappa shape index (κ1) is 24.0. The molecule has 0 atom stereocenters. The Morgan fingerprint density at radius 2 is 1.51 bits per heavy atom. The van der Waals surface area contributed by atoms with Gasteiger partial charge in [0.1, 0.15) is 23.0 Å². The fourth-order valence-electron chi connectivity index (χ4n) is 3.73. The van der Waals surface area contributed by atoms with Crippen molar-refractivity contribution in [3.63, 3.8) is 0 Å². The Morgan fingerprint density at radius 3 is 2.29 bits per heavy atom. The van der Waals surface area contributed by atoms with Crippen LogP contribution in [0.15, 0.2) is 102 Å². The van der Waals surface area contributed by atoms with Crippen LogP contribution in [0.5, 0.6) is 11.5 Å². The number of aryl methyl sites for hydroxylation is 1. The molecule has 0 unspecified atom stereocenters. The molecule has 4 aromatic carbocycles. The summed E-state index contributed by atoms with van der Waals surface area (Å²) in [6.07, 6.45) is -0.236. The largest absolute Gasteiger partial charge is 0.487 e. The van der Waals surface area contributed by atoms with Crippen molar-refractivity contribution >= 4 is 16.1 Å². The predicted octanol–water partition coefficient (Wildman–Crippen LogP) is 5.64. The van der Waals surface area contributed by atoms with Gasteiger partial charge in [0.05, 0.1) is 6.42 Å². The molecule has 0 aliphatic carbocycles. The number of hydrogen-bond donors (Lipinski definition) is 1. The SMILES string of the molecule is Cc1cc(CC(=O)O)cc(OS(=O)(=O)c2ccccc2OCc2cccc(-c3ccccc3)c2)c1. The van der Waals surface area contributed by atoms with Gasteiger partial charge in [0.25, 0.3) is 0 Å². The number of carbonyl (C=O) groups is 1. The Bertz CT molecular complexity index is 1450. The highest BCUT2D eigenvalue weighted by atomic mass is 32.2. The molecule has 35 heavy (non-hydrogen) atoms. The van der Waals surface area contributed by atoms with Gasteiger partial charge < -0.3 is 14.0 Å². The highest BCUT2D eigenvalue weighted by Crippen LogP contribution is 2.29. The molecule has 0 saturated carbocycles. The van der Waals surface area contributed by atoms with Crippen molar-refractivity contribution in [3.05, 3.63) is 114 Å². The normalized spacial score (nSPS) is 11.1. The van der Waals surface area contributed by atoms with E-state index in [1.165, 1.54) is 12.1 Å². The zero-order valence-electron chi connectivity index (χ0n) is 19.0. The number of para-hydroxylation sites is 1. The maximum absolute atomic E-state index is 13.1. The van der Waals surface area contributed by atoms with Crippen LogP contribution in [0.1, 0.15) is 16.7 Å². The molecular formula is C28H24O6S. The average Bonchev–Trinajstić information content (AvgIpc) is 2.82.